The topological polar surface area (TPSA) is 26.0 Å². The molecule has 0 amide bonds. The molecule has 17 heavy (non-hydrogen) atoms. The van der Waals surface area contributed by atoms with Crippen molar-refractivity contribution in [2.24, 2.45) is 11.7 Å². The predicted octanol–water partition coefficient (Wildman–Crippen LogP) is 3.86. The summed E-state index contributed by atoms with van der Waals surface area (Å²) in [5, 5.41) is 0.833. The highest BCUT2D eigenvalue weighted by Crippen LogP contribution is 2.35. The second-order valence-electron chi connectivity index (χ2n) is 5.19. The van der Waals surface area contributed by atoms with E-state index in [9.17, 15) is 0 Å². The third kappa shape index (κ3) is 4.04. The number of hydrogen-bond acceptors (Lipinski definition) is 2. The molecule has 1 saturated carbocycles. The third-order valence-corrected chi connectivity index (χ3v) is 4.85. The van der Waals surface area contributed by atoms with Gasteiger partial charge in [-0.15, -0.1) is 11.8 Å². The van der Waals surface area contributed by atoms with Crippen LogP contribution in [0.3, 0.4) is 0 Å². The van der Waals surface area contributed by atoms with E-state index in [1.807, 2.05) is 0 Å². The highest BCUT2D eigenvalue weighted by atomic mass is 32.2. The molecule has 0 heterocycles. The average molecular weight is 249 g/mol. The van der Waals surface area contributed by atoms with E-state index in [-0.39, 0.29) is 0 Å². The van der Waals surface area contributed by atoms with Crippen molar-refractivity contribution in [3.63, 3.8) is 0 Å². The lowest BCUT2D eigenvalue weighted by atomic mass is 9.91. The minimum absolute atomic E-state index is 0.743. The first-order chi connectivity index (χ1) is 8.28. The Hall–Kier alpha value is -0.470. The Morgan fingerprint density at radius 1 is 1.24 bits per heavy atom. The summed E-state index contributed by atoms with van der Waals surface area (Å²) in [6.07, 6.45) is 6.59. The van der Waals surface area contributed by atoms with E-state index >= 15 is 0 Å². The summed E-state index contributed by atoms with van der Waals surface area (Å²) in [4.78, 5) is 1.42. The van der Waals surface area contributed by atoms with Gasteiger partial charge in [-0.25, -0.2) is 0 Å². The van der Waals surface area contributed by atoms with Crippen molar-refractivity contribution in [1.82, 2.24) is 0 Å². The zero-order valence-electron chi connectivity index (χ0n) is 10.7. The van der Waals surface area contributed by atoms with Gasteiger partial charge in [-0.05, 0) is 49.4 Å². The van der Waals surface area contributed by atoms with Crippen LogP contribution in [-0.2, 0) is 6.42 Å². The number of thioether (sulfide) groups is 1. The molecule has 0 radical (unpaired) electrons. The lowest BCUT2D eigenvalue weighted by Crippen LogP contribution is -2.14. The van der Waals surface area contributed by atoms with E-state index in [0.717, 1.165) is 24.1 Å². The van der Waals surface area contributed by atoms with Crippen LogP contribution in [0.25, 0.3) is 0 Å². The largest absolute Gasteiger partial charge is 0.330 e. The van der Waals surface area contributed by atoms with Crippen molar-refractivity contribution in [1.29, 1.82) is 0 Å². The molecule has 0 aromatic heterocycles. The summed E-state index contributed by atoms with van der Waals surface area (Å²) in [6.45, 7) is 3.13. The number of hydrogen-bond donors (Lipinski definition) is 1. The summed E-state index contributed by atoms with van der Waals surface area (Å²) >= 11 is 2.06. The average Bonchev–Trinajstić information content (AvgIpc) is 2.32. The van der Waals surface area contributed by atoms with Gasteiger partial charge >= 0.3 is 0 Å². The SMILES string of the molecule is CC1CCCC(Sc2ccc(CCN)cc2)C1. The molecule has 1 fully saturated rings. The van der Waals surface area contributed by atoms with Crippen LogP contribution in [0, 0.1) is 5.92 Å². The zero-order chi connectivity index (χ0) is 12.1. The minimum Gasteiger partial charge on any atom is -0.330 e. The Kier molecular flexibility index (Phi) is 4.93. The van der Waals surface area contributed by atoms with Gasteiger partial charge in [-0.3, -0.25) is 0 Å². The highest BCUT2D eigenvalue weighted by Gasteiger charge is 2.19. The Bertz CT molecular complexity index is 333. The van der Waals surface area contributed by atoms with E-state index in [0.29, 0.717) is 0 Å². The lowest BCUT2D eigenvalue weighted by Gasteiger charge is -2.26. The van der Waals surface area contributed by atoms with Crippen molar-refractivity contribution < 1.29 is 0 Å². The van der Waals surface area contributed by atoms with Gasteiger partial charge in [0.1, 0.15) is 0 Å². The summed E-state index contributed by atoms with van der Waals surface area (Å²) in [6, 6.07) is 8.97. The first-order valence-electron chi connectivity index (χ1n) is 6.73. The van der Waals surface area contributed by atoms with Crippen molar-refractivity contribution in [2.45, 2.75) is 49.2 Å². The second kappa shape index (κ2) is 6.46. The number of nitrogens with two attached hydrogens (primary N) is 1. The van der Waals surface area contributed by atoms with Crippen molar-refractivity contribution in [3.05, 3.63) is 29.8 Å². The molecule has 0 aliphatic heterocycles. The van der Waals surface area contributed by atoms with E-state index in [1.54, 1.807) is 0 Å². The predicted molar refractivity (Wildman–Crippen MR) is 76.5 cm³/mol. The van der Waals surface area contributed by atoms with Gasteiger partial charge in [0.2, 0.25) is 0 Å². The molecule has 1 aromatic carbocycles. The van der Waals surface area contributed by atoms with Crippen LogP contribution in [0.2, 0.25) is 0 Å². The fourth-order valence-corrected chi connectivity index (χ4v) is 3.97. The van der Waals surface area contributed by atoms with Crippen molar-refractivity contribution in [2.75, 3.05) is 6.54 Å². The van der Waals surface area contributed by atoms with Crippen LogP contribution in [0.15, 0.2) is 29.2 Å². The van der Waals surface area contributed by atoms with Gasteiger partial charge in [0, 0.05) is 10.1 Å². The fourth-order valence-electron chi connectivity index (χ4n) is 2.58. The maximum absolute atomic E-state index is 5.56. The third-order valence-electron chi connectivity index (χ3n) is 3.55. The van der Waals surface area contributed by atoms with Gasteiger partial charge < -0.3 is 5.73 Å². The van der Waals surface area contributed by atoms with E-state index in [2.05, 4.69) is 43.0 Å². The first-order valence-corrected chi connectivity index (χ1v) is 7.61. The maximum Gasteiger partial charge on any atom is 0.00969 e. The summed E-state index contributed by atoms with van der Waals surface area (Å²) in [7, 11) is 0. The number of rotatable bonds is 4. The summed E-state index contributed by atoms with van der Waals surface area (Å²) in [5.41, 5.74) is 6.91. The molecule has 0 bridgehead atoms. The molecule has 2 N–H and O–H groups in total. The molecule has 1 nitrogen and oxygen atoms in total. The molecule has 1 aromatic rings. The molecule has 94 valence electrons. The molecule has 0 spiro atoms. The van der Waals surface area contributed by atoms with Crippen molar-refractivity contribution in [3.8, 4) is 0 Å². The van der Waals surface area contributed by atoms with Gasteiger partial charge in [0.15, 0.2) is 0 Å². The summed E-state index contributed by atoms with van der Waals surface area (Å²) in [5.74, 6) is 0.915. The van der Waals surface area contributed by atoms with Crippen LogP contribution in [0.1, 0.15) is 38.2 Å². The Morgan fingerprint density at radius 3 is 2.65 bits per heavy atom. The molecule has 2 heteroatoms. The van der Waals surface area contributed by atoms with Gasteiger partial charge in [-0.2, -0.15) is 0 Å². The quantitative estimate of drug-likeness (QED) is 0.877. The molecular formula is C15H23NS. The molecule has 1 aliphatic carbocycles. The maximum atomic E-state index is 5.56. The van der Waals surface area contributed by atoms with E-state index < -0.39 is 0 Å². The van der Waals surface area contributed by atoms with Crippen LogP contribution in [0.5, 0.6) is 0 Å². The zero-order valence-corrected chi connectivity index (χ0v) is 11.5. The normalized spacial score (nSPS) is 24.8. The summed E-state index contributed by atoms with van der Waals surface area (Å²) < 4.78 is 0. The second-order valence-corrected chi connectivity index (χ2v) is 6.57. The van der Waals surface area contributed by atoms with Gasteiger partial charge in [0.25, 0.3) is 0 Å². The first kappa shape index (κ1) is 13.0. The lowest BCUT2D eigenvalue weighted by molar-refractivity contribution is 0.394. The van der Waals surface area contributed by atoms with Gasteiger partial charge in [0.05, 0.1) is 0 Å². The molecule has 1 aliphatic rings. The van der Waals surface area contributed by atoms with E-state index in [4.69, 9.17) is 5.73 Å². The highest BCUT2D eigenvalue weighted by molar-refractivity contribution is 8.00. The molecule has 2 rings (SSSR count). The van der Waals surface area contributed by atoms with Crippen LogP contribution < -0.4 is 5.73 Å². The molecule has 2 unspecified atom stereocenters. The van der Waals surface area contributed by atoms with E-state index in [1.165, 1.54) is 36.1 Å². The van der Waals surface area contributed by atoms with Crippen LogP contribution in [0.4, 0.5) is 0 Å². The van der Waals surface area contributed by atoms with Gasteiger partial charge in [-0.1, -0.05) is 31.9 Å². The Labute approximate surface area is 109 Å². The molecule has 0 saturated heterocycles. The number of benzene rings is 1. The smallest absolute Gasteiger partial charge is 0.00969 e. The van der Waals surface area contributed by atoms with Crippen LogP contribution in [-0.4, -0.2) is 11.8 Å². The Morgan fingerprint density at radius 2 is 2.00 bits per heavy atom. The van der Waals surface area contributed by atoms with Crippen molar-refractivity contribution >= 4 is 11.8 Å². The monoisotopic (exact) mass is 249 g/mol. The molecular weight excluding hydrogens is 226 g/mol. The fraction of sp³-hybridized carbons (Fsp3) is 0.600. The minimum atomic E-state index is 0.743. The standard InChI is InChI=1S/C15H23NS/c1-12-3-2-4-15(11-12)17-14-7-5-13(6-8-14)9-10-16/h5-8,12,15H,2-4,9-11,16H2,1H3. The molecule has 2 atom stereocenters. The Balaban J connectivity index is 1.89. The van der Waals surface area contributed by atoms with Crippen LogP contribution >= 0.6 is 11.8 Å².